The predicted octanol–water partition coefficient (Wildman–Crippen LogP) is 2.12. The summed E-state index contributed by atoms with van der Waals surface area (Å²) in [7, 11) is 1.59. The zero-order valence-corrected chi connectivity index (χ0v) is 18.3. The van der Waals surface area contributed by atoms with Crippen molar-refractivity contribution in [2.45, 2.75) is 13.5 Å². The second kappa shape index (κ2) is 10.5. The number of hydrogen-bond acceptors (Lipinski definition) is 6. The van der Waals surface area contributed by atoms with Gasteiger partial charge in [-0.15, -0.1) is 0 Å². The molecule has 9 heteroatoms. The van der Waals surface area contributed by atoms with Crippen LogP contribution in [0.5, 0.6) is 0 Å². The molecule has 0 saturated carbocycles. The topological polar surface area (TPSA) is 127 Å². The molecule has 0 atom stereocenters. The monoisotopic (exact) mass is 441 g/mol. The zero-order valence-electron chi connectivity index (χ0n) is 18.3. The minimum Gasteiger partial charge on any atom is -0.382 e. The number of imidazole rings is 1. The van der Waals surface area contributed by atoms with Crippen molar-refractivity contribution >= 4 is 29.0 Å². The molecule has 4 N–H and O–H groups in total. The van der Waals surface area contributed by atoms with Gasteiger partial charge in [-0.2, -0.15) is 0 Å². The Morgan fingerprint density at radius 1 is 1.30 bits per heavy atom. The SMILES string of the molecule is C=C/C=C\C(=NC)NC(=O)c1ccc(-c2nc(CNC(=O)C#CC)n3ccnc(N)c23)cc1. The number of carbonyl (C=O) groups is 2. The predicted molar refractivity (Wildman–Crippen MR) is 128 cm³/mol. The third-order valence-electron chi connectivity index (χ3n) is 4.59. The first kappa shape index (κ1) is 23.0. The van der Waals surface area contributed by atoms with E-state index in [9.17, 15) is 9.59 Å². The highest BCUT2D eigenvalue weighted by Gasteiger charge is 2.17. The third-order valence-corrected chi connectivity index (χ3v) is 4.59. The van der Waals surface area contributed by atoms with E-state index in [1.807, 2.05) is 0 Å². The van der Waals surface area contributed by atoms with E-state index in [0.29, 0.717) is 34.3 Å². The van der Waals surface area contributed by atoms with Crippen molar-refractivity contribution in [3.8, 4) is 23.1 Å². The number of amides is 2. The number of hydrogen-bond donors (Lipinski definition) is 3. The summed E-state index contributed by atoms with van der Waals surface area (Å²) < 4.78 is 1.77. The largest absolute Gasteiger partial charge is 0.382 e. The van der Waals surface area contributed by atoms with Gasteiger partial charge in [-0.3, -0.25) is 19.0 Å². The number of nitrogens with one attached hydrogen (secondary N) is 2. The molecule has 0 radical (unpaired) electrons. The van der Waals surface area contributed by atoms with Crippen LogP contribution in [0.3, 0.4) is 0 Å². The molecule has 0 bridgehead atoms. The Bertz CT molecular complexity index is 1320. The number of aromatic nitrogens is 3. The first-order valence-electron chi connectivity index (χ1n) is 9.98. The van der Waals surface area contributed by atoms with E-state index in [4.69, 9.17) is 5.73 Å². The van der Waals surface area contributed by atoms with Gasteiger partial charge in [0.2, 0.25) is 0 Å². The minimum absolute atomic E-state index is 0.163. The van der Waals surface area contributed by atoms with Crippen molar-refractivity contribution in [3.05, 3.63) is 72.9 Å². The highest BCUT2D eigenvalue weighted by molar-refractivity contribution is 6.10. The fourth-order valence-corrected chi connectivity index (χ4v) is 3.07. The van der Waals surface area contributed by atoms with Crippen molar-refractivity contribution in [1.82, 2.24) is 25.0 Å². The molecule has 0 fully saturated rings. The number of nitrogens with zero attached hydrogens (tertiary/aromatic N) is 4. The quantitative estimate of drug-likeness (QED) is 0.234. The molecule has 0 unspecified atom stereocenters. The molecular weight excluding hydrogens is 418 g/mol. The molecule has 0 aliphatic heterocycles. The van der Waals surface area contributed by atoms with Gasteiger partial charge in [0, 0.05) is 30.6 Å². The summed E-state index contributed by atoms with van der Waals surface area (Å²) in [6.45, 7) is 5.35. The van der Waals surface area contributed by atoms with Crippen LogP contribution in [0.15, 0.2) is 66.5 Å². The molecular formula is C24H23N7O2. The van der Waals surface area contributed by atoms with E-state index in [-0.39, 0.29) is 12.5 Å². The molecule has 3 aromatic rings. The Morgan fingerprint density at radius 2 is 2.06 bits per heavy atom. The van der Waals surface area contributed by atoms with Crippen molar-refractivity contribution in [1.29, 1.82) is 0 Å². The van der Waals surface area contributed by atoms with E-state index in [0.717, 1.165) is 5.56 Å². The molecule has 9 nitrogen and oxygen atoms in total. The number of nitrogen functional groups attached to an aromatic ring is 1. The summed E-state index contributed by atoms with van der Waals surface area (Å²) in [6, 6.07) is 6.92. The van der Waals surface area contributed by atoms with E-state index in [2.05, 4.69) is 44.0 Å². The number of benzene rings is 1. The van der Waals surface area contributed by atoms with Crippen LogP contribution in [-0.4, -0.2) is 39.1 Å². The van der Waals surface area contributed by atoms with Crippen molar-refractivity contribution in [3.63, 3.8) is 0 Å². The molecule has 0 aliphatic rings. The van der Waals surface area contributed by atoms with Crippen molar-refractivity contribution < 1.29 is 9.59 Å². The molecule has 3 rings (SSSR count). The summed E-state index contributed by atoms with van der Waals surface area (Å²) in [6.07, 6.45) is 8.21. The Balaban J connectivity index is 1.90. The average molecular weight is 441 g/mol. The summed E-state index contributed by atoms with van der Waals surface area (Å²) in [5, 5.41) is 5.44. The van der Waals surface area contributed by atoms with E-state index in [1.54, 1.807) is 73.3 Å². The van der Waals surface area contributed by atoms with E-state index in [1.165, 1.54) is 0 Å². The van der Waals surface area contributed by atoms with Gasteiger partial charge in [0.05, 0.1) is 6.54 Å². The number of nitrogens with two attached hydrogens (primary N) is 1. The number of anilines is 1. The second-order valence-electron chi connectivity index (χ2n) is 6.70. The van der Waals surface area contributed by atoms with E-state index >= 15 is 0 Å². The van der Waals surface area contributed by atoms with Crippen LogP contribution in [0.25, 0.3) is 16.8 Å². The van der Waals surface area contributed by atoms with Crippen molar-refractivity contribution in [2.75, 3.05) is 12.8 Å². The number of allylic oxidation sites excluding steroid dienone is 2. The fraction of sp³-hybridized carbons (Fsp3) is 0.125. The normalized spacial score (nSPS) is 11.2. The van der Waals surface area contributed by atoms with Crippen LogP contribution in [0, 0.1) is 11.8 Å². The molecule has 0 spiro atoms. The number of fused-ring (bicyclic) bond motifs is 1. The van der Waals surface area contributed by atoms with Crippen LogP contribution in [0.1, 0.15) is 23.1 Å². The van der Waals surface area contributed by atoms with Gasteiger partial charge in [-0.1, -0.05) is 36.8 Å². The van der Waals surface area contributed by atoms with Gasteiger partial charge in [-0.25, -0.2) is 9.97 Å². The molecule has 0 saturated heterocycles. The Kier molecular flexibility index (Phi) is 7.34. The lowest BCUT2D eigenvalue weighted by molar-refractivity contribution is -0.115. The Morgan fingerprint density at radius 3 is 2.73 bits per heavy atom. The number of amidine groups is 1. The van der Waals surface area contributed by atoms with Crippen molar-refractivity contribution in [2.24, 2.45) is 4.99 Å². The van der Waals surface area contributed by atoms with Crippen LogP contribution < -0.4 is 16.4 Å². The van der Waals surface area contributed by atoms with E-state index < -0.39 is 5.91 Å². The lowest BCUT2D eigenvalue weighted by Gasteiger charge is -2.06. The smallest absolute Gasteiger partial charge is 0.296 e. The maximum absolute atomic E-state index is 12.5. The Hall–Kier alpha value is -4.71. The maximum Gasteiger partial charge on any atom is 0.296 e. The average Bonchev–Trinajstić information content (AvgIpc) is 3.20. The number of rotatable bonds is 6. The lowest BCUT2D eigenvalue weighted by atomic mass is 10.1. The van der Waals surface area contributed by atoms with Crippen LogP contribution >= 0.6 is 0 Å². The van der Waals surface area contributed by atoms with Gasteiger partial charge < -0.3 is 16.4 Å². The highest BCUT2D eigenvalue weighted by atomic mass is 16.2. The summed E-state index contributed by atoms with van der Waals surface area (Å²) in [4.78, 5) is 37.1. The Labute approximate surface area is 191 Å². The van der Waals surface area contributed by atoms with Gasteiger partial charge in [-0.05, 0) is 31.1 Å². The highest BCUT2D eigenvalue weighted by Crippen LogP contribution is 2.28. The van der Waals surface area contributed by atoms with Gasteiger partial charge in [0.25, 0.3) is 11.8 Å². The summed E-state index contributed by atoms with van der Waals surface area (Å²) in [5.74, 6) is 5.57. The van der Waals surface area contributed by atoms with Crippen LogP contribution in [0.4, 0.5) is 5.82 Å². The third kappa shape index (κ3) is 5.32. The summed E-state index contributed by atoms with van der Waals surface area (Å²) in [5.41, 5.74) is 8.51. The molecule has 2 aromatic heterocycles. The summed E-state index contributed by atoms with van der Waals surface area (Å²) >= 11 is 0. The van der Waals surface area contributed by atoms with Gasteiger partial charge in [0.1, 0.15) is 28.7 Å². The number of aliphatic imine (C=N–C) groups is 1. The van der Waals surface area contributed by atoms with Crippen LogP contribution in [0.2, 0.25) is 0 Å². The maximum atomic E-state index is 12.5. The molecule has 0 aliphatic carbocycles. The standard InChI is InChI=1S/C24H23N7O2/c1-4-6-8-18(26-3)29-24(33)17-11-9-16(10-12-17)21-22-23(25)27-13-14-31(22)19(30-21)15-28-20(32)7-5-2/h4,6,8-14H,1,15H2,2-3H3,(H2,25,27)(H,28,32)(H,26,29,33)/b8-6-. The second-order valence-corrected chi connectivity index (χ2v) is 6.70. The molecule has 2 heterocycles. The molecule has 166 valence electrons. The minimum atomic E-state index is -0.397. The fourth-order valence-electron chi connectivity index (χ4n) is 3.07. The molecule has 2 amide bonds. The van der Waals surface area contributed by atoms with Gasteiger partial charge in [0.15, 0.2) is 0 Å². The number of carbonyl (C=O) groups excluding carboxylic acids is 2. The molecule has 33 heavy (non-hydrogen) atoms. The van der Waals surface area contributed by atoms with Gasteiger partial charge >= 0.3 is 0 Å². The van der Waals surface area contributed by atoms with Crippen LogP contribution in [-0.2, 0) is 11.3 Å². The lowest BCUT2D eigenvalue weighted by Crippen LogP contribution is -2.29. The first-order chi connectivity index (χ1) is 16.0. The zero-order chi connectivity index (χ0) is 23.8. The molecule has 1 aromatic carbocycles. The first-order valence-corrected chi connectivity index (χ1v) is 9.98.